The van der Waals surface area contributed by atoms with Crippen LogP contribution in [0.4, 0.5) is 17.6 Å². The lowest BCUT2D eigenvalue weighted by Crippen LogP contribution is -2.28. The Balaban J connectivity index is 2.43. The van der Waals surface area contributed by atoms with E-state index in [-0.39, 0.29) is 11.1 Å². The average Bonchev–Trinajstić information content (AvgIpc) is 2.90. The molecule has 0 aliphatic carbocycles. The number of benzene rings is 1. The smallest absolute Gasteiger partial charge is 0.329 e. The first-order valence-corrected chi connectivity index (χ1v) is 6.13. The van der Waals surface area contributed by atoms with Crippen molar-refractivity contribution in [2.45, 2.75) is 20.0 Å². The van der Waals surface area contributed by atoms with E-state index in [9.17, 15) is 27.2 Å². The van der Waals surface area contributed by atoms with E-state index in [1.807, 2.05) is 5.32 Å². The number of nitrogens with zero attached hydrogens (tertiary/aromatic N) is 2. The maximum atomic E-state index is 14.2. The number of carbonyl (C=O) groups is 2. The summed E-state index contributed by atoms with van der Waals surface area (Å²) in [6.45, 7) is 2.31. The Bertz CT molecular complexity index is 783. The van der Waals surface area contributed by atoms with E-state index in [1.54, 1.807) is 0 Å². The zero-order chi connectivity index (χ0) is 17.4. The molecule has 0 atom stereocenters. The highest BCUT2D eigenvalue weighted by atomic mass is 19.4. The molecule has 0 unspecified atom stereocenters. The number of halogens is 4. The van der Waals surface area contributed by atoms with E-state index in [4.69, 9.17) is 0 Å². The van der Waals surface area contributed by atoms with Crippen LogP contribution < -0.4 is 5.32 Å². The van der Waals surface area contributed by atoms with E-state index in [1.165, 1.54) is 13.0 Å². The summed E-state index contributed by atoms with van der Waals surface area (Å²) >= 11 is 0. The topological polar surface area (TPSA) is 85.1 Å². The molecule has 2 aromatic rings. The van der Waals surface area contributed by atoms with Crippen LogP contribution in [0.3, 0.4) is 0 Å². The van der Waals surface area contributed by atoms with E-state index >= 15 is 0 Å². The predicted molar refractivity (Wildman–Crippen MR) is 67.6 cm³/mol. The highest BCUT2D eigenvalue weighted by Crippen LogP contribution is 2.31. The fraction of sp³-hybridized carbons (Fsp3) is 0.231. The monoisotopic (exact) mass is 331 g/mol. The van der Waals surface area contributed by atoms with Gasteiger partial charge in [-0.25, -0.2) is 4.39 Å². The van der Waals surface area contributed by atoms with E-state index in [0.29, 0.717) is 0 Å². The molecule has 0 aliphatic heterocycles. The molecule has 2 amide bonds. The Morgan fingerprint density at radius 1 is 1.26 bits per heavy atom. The molecule has 0 fully saturated rings. The van der Waals surface area contributed by atoms with Crippen LogP contribution in [0, 0.1) is 12.7 Å². The summed E-state index contributed by atoms with van der Waals surface area (Å²) in [5.41, 5.74) is -0.655. The Morgan fingerprint density at radius 3 is 2.43 bits per heavy atom. The molecule has 0 saturated carbocycles. The molecule has 0 saturated heterocycles. The maximum absolute atomic E-state index is 14.2. The number of alkyl halides is 3. The number of aromatic nitrogens is 2. The largest absolute Gasteiger partial charge is 0.471 e. The summed E-state index contributed by atoms with van der Waals surface area (Å²) in [6, 6.07) is 2.18. The molecule has 23 heavy (non-hydrogen) atoms. The third kappa shape index (κ3) is 3.35. The van der Waals surface area contributed by atoms with E-state index < -0.39 is 41.1 Å². The van der Waals surface area contributed by atoms with Gasteiger partial charge in [-0.15, -0.1) is 0 Å². The number of carbonyl (C=O) groups excluding carboxylic acids is 2. The van der Waals surface area contributed by atoms with Crippen LogP contribution in [0.2, 0.25) is 0 Å². The molecule has 0 spiro atoms. The predicted octanol–water partition coefficient (Wildman–Crippen LogP) is 2.48. The fourth-order valence-corrected chi connectivity index (χ4v) is 1.78. The van der Waals surface area contributed by atoms with Gasteiger partial charge in [-0.2, -0.15) is 18.2 Å². The summed E-state index contributed by atoms with van der Waals surface area (Å²) in [5.74, 6) is -4.67. The zero-order valence-electron chi connectivity index (χ0n) is 11.8. The van der Waals surface area contributed by atoms with Gasteiger partial charge in [0.05, 0.1) is 5.56 Å². The second kappa shape index (κ2) is 5.78. The standard InChI is InChI=1S/C13H9F4N3O3/c1-5-7(10-19-12(23-20-10)13(15,16)17)3-4-8(9(5)14)11(22)18-6(2)21/h3-4H,1-2H3,(H,18,21,22). The van der Waals surface area contributed by atoms with Gasteiger partial charge in [0, 0.05) is 12.5 Å². The molecule has 0 aliphatic rings. The van der Waals surface area contributed by atoms with Crippen LogP contribution >= 0.6 is 0 Å². The van der Waals surface area contributed by atoms with Crippen molar-refractivity contribution in [1.29, 1.82) is 0 Å². The number of hydrogen-bond donors (Lipinski definition) is 1. The summed E-state index contributed by atoms with van der Waals surface area (Å²) in [6.07, 6.45) is -4.82. The van der Waals surface area contributed by atoms with Crippen LogP contribution in [0.1, 0.15) is 28.7 Å². The quantitative estimate of drug-likeness (QED) is 0.855. The number of imide groups is 1. The lowest BCUT2D eigenvalue weighted by molar-refractivity contribution is -0.159. The summed E-state index contributed by atoms with van der Waals surface area (Å²) in [5, 5.41) is 5.04. The number of rotatable bonds is 2. The van der Waals surface area contributed by atoms with Crippen molar-refractivity contribution in [2.24, 2.45) is 0 Å². The van der Waals surface area contributed by atoms with Gasteiger partial charge in [0.15, 0.2) is 0 Å². The maximum Gasteiger partial charge on any atom is 0.471 e. The Hall–Kier alpha value is -2.78. The Morgan fingerprint density at radius 2 is 1.91 bits per heavy atom. The molecule has 1 N–H and O–H groups in total. The van der Waals surface area contributed by atoms with Crippen molar-refractivity contribution in [1.82, 2.24) is 15.5 Å². The molecule has 0 bridgehead atoms. The second-order valence-electron chi connectivity index (χ2n) is 4.53. The number of nitrogens with one attached hydrogen (secondary N) is 1. The third-order valence-electron chi connectivity index (χ3n) is 2.83. The first-order chi connectivity index (χ1) is 10.6. The van der Waals surface area contributed by atoms with Crippen molar-refractivity contribution in [3.63, 3.8) is 0 Å². The molecule has 10 heteroatoms. The van der Waals surface area contributed by atoms with Gasteiger partial charge < -0.3 is 4.52 Å². The summed E-state index contributed by atoms with van der Waals surface area (Å²) in [7, 11) is 0. The lowest BCUT2D eigenvalue weighted by Gasteiger charge is -2.08. The minimum Gasteiger partial charge on any atom is -0.329 e. The zero-order valence-corrected chi connectivity index (χ0v) is 11.8. The van der Waals surface area contributed by atoms with Crippen molar-refractivity contribution >= 4 is 11.8 Å². The highest BCUT2D eigenvalue weighted by molar-refractivity contribution is 6.04. The highest BCUT2D eigenvalue weighted by Gasteiger charge is 2.38. The first kappa shape index (κ1) is 16.6. The molecule has 6 nitrogen and oxygen atoms in total. The molecule has 1 aromatic heterocycles. The lowest BCUT2D eigenvalue weighted by atomic mass is 10.0. The molecule has 1 heterocycles. The van der Waals surface area contributed by atoms with Crippen LogP contribution in [-0.2, 0) is 11.0 Å². The van der Waals surface area contributed by atoms with Gasteiger partial charge >= 0.3 is 12.1 Å². The summed E-state index contributed by atoms with van der Waals surface area (Å²) in [4.78, 5) is 25.6. The molecule has 122 valence electrons. The van der Waals surface area contributed by atoms with Gasteiger partial charge in [0.25, 0.3) is 5.91 Å². The molecular weight excluding hydrogens is 322 g/mol. The Kier molecular flexibility index (Phi) is 4.17. The minimum absolute atomic E-state index is 0.0684. The fourth-order valence-electron chi connectivity index (χ4n) is 1.78. The normalized spacial score (nSPS) is 11.4. The van der Waals surface area contributed by atoms with Crippen LogP contribution in [0.5, 0.6) is 0 Å². The van der Waals surface area contributed by atoms with Gasteiger partial charge in [-0.05, 0) is 24.6 Å². The third-order valence-corrected chi connectivity index (χ3v) is 2.83. The Labute approximate surface area is 126 Å². The number of amides is 2. The van der Waals surface area contributed by atoms with E-state index in [2.05, 4.69) is 14.7 Å². The average molecular weight is 331 g/mol. The molecule has 0 radical (unpaired) electrons. The summed E-state index contributed by atoms with van der Waals surface area (Å²) < 4.78 is 55.6. The van der Waals surface area contributed by atoms with Crippen molar-refractivity contribution in [3.05, 3.63) is 35.0 Å². The van der Waals surface area contributed by atoms with Crippen LogP contribution in [-0.4, -0.2) is 22.0 Å². The van der Waals surface area contributed by atoms with Crippen LogP contribution in [0.25, 0.3) is 11.4 Å². The SMILES string of the molecule is CC(=O)NC(=O)c1ccc(-c2noc(C(F)(F)F)n2)c(C)c1F. The van der Waals surface area contributed by atoms with Crippen molar-refractivity contribution < 1.29 is 31.7 Å². The second-order valence-corrected chi connectivity index (χ2v) is 4.53. The molecule has 2 rings (SSSR count). The first-order valence-electron chi connectivity index (χ1n) is 6.13. The number of hydrogen-bond acceptors (Lipinski definition) is 5. The van der Waals surface area contributed by atoms with Gasteiger partial charge in [0.2, 0.25) is 11.7 Å². The van der Waals surface area contributed by atoms with Gasteiger partial charge in [0.1, 0.15) is 5.82 Å². The van der Waals surface area contributed by atoms with Gasteiger partial charge in [-0.3, -0.25) is 14.9 Å². The van der Waals surface area contributed by atoms with E-state index in [0.717, 1.165) is 13.0 Å². The van der Waals surface area contributed by atoms with Crippen LogP contribution in [0.15, 0.2) is 16.7 Å². The van der Waals surface area contributed by atoms with Crippen molar-refractivity contribution in [2.75, 3.05) is 0 Å². The van der Waals surface area contributed by atoms with Crippen molar-refractivity contribution in [3.8, 4) is 11.4 Å². The minimum atomic E-state index is -4.82. The molecule has 1 aromatic carbocycles. The molecular formula is C13H9F4N3O3. The van der Waals surface area contributed by atoms with Gasteiger partial charge in [-0.1, -0.05) is 5.16 Å².